The monoisotopic (exact) mass is 614 g/mol. The predicted octanol–water partition coefficient (Wildman–Crippen LogP) is 1.43. The Labute approximate surface area is 227 Å². The lowest BCUT2D eigenvalue weighted by molar-refractivity contribution is -0.0331. The van der Waals surface area contributed by atoms with Crippen LogP contribution in [0.3, 0.4) is 0 Å². The number of halogens is 2. The minimum atomic E-state index is -4.79. The molecule has 14 nitrogen and oxygen atoms in total. The largest absolute Gasteiger partial charge is 0.387 e. The zero-order chi connectivity index (χ0) is 27.1. The number of aliphatic hydroxyl groups excluding tert-OH is 2. The lowest BCUT2D eigenvalue weighted by Gasteiger charge is -2.19. The maximum Gasteiger partial charge on any atom is 0.336 e. The van der Waals surface area contributed by atoms with E-state index in [4.69, 9.17) is 26.1 Å². The van der Waals surface area contributed by atoms with Crippen LogP contribution in [-0.2, 0) is 13.9 Å². The number of imidazole rings is 1. The molecule has 210 valence electrons. The second-order valence-electron chi connectivity index (χ2n) is 8.47. The molecule has 4 rings (SSSR count). The quantitative estimate of drug-likeness (QED) is 0.134. The molecule has 1 fully saturated rings. The van der Waals surface area contributed by atoms with Crippen LogP contribution in [0.5, 0.6) is 0 Å². The summed E-state index contributed by atoms with van der Waals surface area (Å²) in [5.41, 5.74) is 0.695. The number of benzene rings is 1. The fourth-order valence-corrected chi connectivity index (χ4v) is 6.97. The fraction of sp³-hybridized carbons (Fsp3) is 0.421. The standard InChI is InChI=1S/C19H24ClFN6O8P2.H2S/c1-9(10-4-2-3-5-11(10)21)24-16-13-17(26-19(20)25-16)27(7-22-13)18-15(29)14(28)12(35-18)6-23-36(30,31)8-37(32,33)34;/h2-5,7,9,12,14-15,18,28-29H,6,8H2,1H3,(H2,23,30,31)(H,24,25,26)(H2,32,33,34);1H2/t9-,12+,14?,15-,18+;/m0./s1. The van der Waals surface area contributed by atoms with Gasteiger partial charge in [-0.3, -0.25) is 13.7 Å². The molecule has 19 heteroatoms. The molecular formula is C19H26ClFN6O8P2S. The molecule has 1 aliphatic rings. The molecule has 0 amide bonds. The topological polar surface area (TPSA) is 212 Å². The minimum Gasteiger partial charge on any atom is -0.387 e. The molecule has 7 N–H and O–H groups in total. The van der Waals surface area contributed by atoms with Gasteiger partial charge in [-0.05, 0) is 24.6 Å². The van der Waals surface area contributed by atoms with Crippen molar-refractivity contribution in [3.63, 3.8) is 0 Å². The Balaban J connectivity index is 0.00000400. The Morgan fingerprint density at radius 3 is 2.53 bits per heavy atom. The Morgan fingerprint density at radius 2 is 1.87 bits per heavy atom. The highest BCUT2D eigenvalue weighted by atomic mass is 35.5. The summed E-state index contributed by atoms with van der Waals surface area (Å²) in [7, 11) is -9.26. The van der Waals surface area contributed by atoms with E-state index in [1.54, 1.807) is 25.1 Å². The Hall–Kier alpha value is -1.68. The van der Waals surface area contributed by atoms with Crippen LogP contribution in [0.2, 0.25) is 5.28 Å². The van der Waals surface area contributed by atoms with Crippen LogP contribution in [0.15, 0.2) is 30.6 Å². The highest BCUT2D eigenvalue weighted by Crippen LogP contribution is 2.52. The summed E-state index contributed by atoms with van der Waals surface area (Å²) in [4.78, 5) is 40.2. The van der Waals surface area contributed by atoms with Crippen molar-refractivity contribution in [2.45, 2.75) is 37.5 Å². The summed E-state index contributed by atoms with van der Waals surface area (Å²) in [6.45, 7) is 1.21. The molecular weight excluding hydrogens is 589 g/mol. The number of aromatic nitrogens is 4. The molecule has 0 radical (unpaired) electrons. The second-order valence-corrected chi connectivity index (χ2v) is 13.0. The molecule has 0 aliphatic carbocycles. The van der Waals surface area contributed by atoms with Gasteiger partial charge in [0.05, 0.1) is 12.4 Å². The van der Waals surface area contributed by atoms with Crippen LogP contribution in [0.25, 0.3) is 11.2 Å². The normalized spacial score (nSPS) is 24.1. The van der Waals surface area contributed by atoms with Crippen LogP contribution in [0.1, 0.15) is 24.8 Å². The third-order valence-corrected chi connectivity index (χ3v) is 9.50. The van der Waals surface area contributed by atoms with Crippen molar-refractivity contribution in [2.75, 3.05) is 17.8 Å². The van der Waals surface area contributed by atoms with E-state index in [1.807, 2.05) is 0 Å². The van der Waals surface area contributed by atoms with Crippen LogP contribution >= 0.6 is 40.2 Å². The molecule has 0 bridgehead atoms. The minimum absolute atomic E-state index is 0. The van der Waals surface area contributed by atoms with Gasteiger partial charge in [0.1, 0.15) is 30.0 Å². The third kappa shape index (κ3) is 6.90. The summed E-state index contributed by atoms with van der Waals surface area (Å²) >= 11 is 6.10. The lowest BCUT2D eigenvalue weighted by atomic mass is 10.1. The van der Waals surface area contributed by atoms with Crippen molar-refractivity contribution in [1.29, 1.82) is 0 Å². The molecule has 2 unspecified atom stereocenters. The third-order valence-electron chi connectivity index (χ3n) is 5.65. The van der Waals surface area contributed by atoms with Crippen molar-refractivity contribution >= 4 is 57.2 Å². The first-order valence-electron chi connectivity index (χ1n) is 10.8. The highest BCUT2D eigenvalue weighted by Gasteiger charge is 2.45. The van der Waals surface area contributed by atoms with Gasteiger partial charge in [-0.15, -0.1) is 0 Å². The van der Waals surface area contributed by atoms with Gasteiger partial charge in [-0.2, -0.15) is 23.5 Å². The number of rotatable bonds is 9. The zero-order valence-electron chi connectivity index (χ0n) is 19.6. The fourth-order valence-electron chi connectivity index (χ4n) is 3.95. The Morgan fingerprint density at radius 1 is 1.18 bits per heavy atom. The van der Waals surface area contributed by atoms with Crippen molar-refractivity contribution in [3.8, 4) is 0 Å². The van der Waals surface area contributed by atoms with Crippen LogP contribution in [0, 0.1) is 5.82 Å². The molecule has 1 aliphatic heterocycles. The first kappa shape index (κ1) is 30.9. The Bertz CT molecular complexity index is 1400. The summed E-state index contributed by atoms with van der Waals surface area (Å²) in [5.74, 6) is -1.56. The summed E-state index contributed by atoms with van der Waals surface area (Å²) in [6, 6.07) is 5.64. The average Bonchev–Trinajstić information content (AvgIpc) is 3.32. The van der Waals surface area contributed by atoms with Gasteiger partial charge < -0.3 is 34.9 Å². The summed E-state index contributed by atoms with van der Waals surface area (Å²) in [6.07, 6.45) is -4.30. The zero-order valence-corrected chi connectivity index (χ0v) is 23.1. The van der Waals surface area contributed by atoms with E-state index in [0.717, 1.165) is 0 Å². The van der Waals surface area contributed by atoms with E-state index in [9.17, 15) is 28.6 Å². The van der Waals surface area contributed by atoms with Gasteiger partial charge in [0, 0.05) is 12.1 Å². The van der Waals surface area contributed by atoms with Crippen molar-refractivity contribution in [3.05, 3.63) is 47.3 Å². The van der Waals surface area contributed by atoms with Gasteiger partial charge in [-0.25, -0.2) is 14.5 Å². The van der Waals surface area contributed by atoms with Crippen molar-refractivity contribution < 1.29 is 43.2 Å². The number of anilines is 1. The first-order chi connectivity index (χ1) is 17.3. The van der Waals surface area contributed by atoms with E-state index < -0.39 is 64.0 Å². The average molecular weight is 615 g/mol. The molecule has 2 aromatic heterocycles. The van der Waals surface area contributed by atoms with E-state index >= 15 is 0 Å². The van der Waals surface area contributed by atoms with Crippen LogP contribution < -0.4 is 10.4 Å². The number of hydrogen-bond donors (Lipinski definition) is 7. The SMILES string of the molecule is C[C@H](Nc1nc(Cl)nc2c1ncn2[C@@H]1O[C@H](CNP(=O)(O)CP(=O)(O)O)C(O)[C@@H]1O)c1ccccc1F.S. The maximum atomic E-state index is 14.2. The number of ether oxygens (including phenoxy) is 1. The van der Waals surface area contributed by atoms with Crippen molar-refractivity contribution in [2.24, 2.45) is 0 Å². The molecule has 1 aromatic carbocycles. The molecule has 0 spiro atoms. The number of nitrogens with one attached hydrogen (secondary N) is 2. The smallest absolute Gasteiger partial charge is 0.336 e. The van der Waals surface area contributed by atoms with E-state index in [0.29, 0.717) is 5.56 Å². The molecule has 3 aromatic rings. The molecule has 0 saturated carbocycles. The molecule has 6 atom stereocenters. The van der Waals surface area contributed by atoms with Crippen molar-refractivity contribution in [1.82, 2.24) is 24.6 Å². The molecule has 3 heterocycles. The van der Waals surface area contributed by atoms with Gasteiger partial charge in [0.2, 0.25) is 5.28 Å². The summed E-state index contributed by atoms with van der Waals surface area (Å²) < 4.78 is 44.2. The van der Waals surface area contributed by atoms with Crippen LogP contribution in [-0.4, -0.2) is 75.2 Å². The van der Waals surface area contributed by atoms with E-state index in [-0.39, 0.29) is 35.8 Å². The van der Waals surface area contributed by atoms with E-state index in [1.165, 1.54) is 17.0 Å². The second kappa shape index (κ2) is 11.8. The number of fused-ring (bicyclic) bond motifs is 1. The molecule has 1 saturated heterocycles. The number of hydrogen-bond acceptors (Lipinski definition) is 9. The predicted molar refractivity (Wildman–Crippen MR) is 140 cm³/mol. The first-order valence-corrected chi connectivity index (χ1v) is 14.8. The van der Waals surface area contributed by atoms with Gasteiger partial charge in [-0.1, -0.05) is 18.2 Å². The highest BCUT2D eigenvalue weighted by molar-refractivity contribution is 7.71. The van der Waals surface area contributed by atoms with E-state index in [2.05, 4.69) is 25.4 Å². The molecule has 38 heavy (non-hydrogen) atoms. The van der Waals surface area contributed by atoms with Gasteiger partial charge in [0.15, 0.2) is 23.2 Å². The maximum absolute atomic E-state index is 14.2. The Kier molecular flexibility index (Phi) is 9.60. The summed E-state index contributed by atoms with van der Waals surface area (Å²) in [5, 5.41) is 25.9. The lowest BCUT2D eigenvalue weighted by Crippen LogP contribution is -2.37. The number of nitrogens with zero attached hydrogens (tertiary/aromatic N) is 4. The van der Waals surface area contributed by atoms with Gasteiger partial charge >= 0.3 is 7.60 Å². The van der Waals surface area contributed by atoms with Gasteiger partial charge in [0.25, 0.3) is 7.52 Å². The van der Waals surface area contributed by atoms with Crippen LogP contribution in [0.4, 0.5) is 10.2 Å². The number of aliphatic hydroxyl groups is 2.